The van der Waals surface area contributed by atoms with Crippen molar-refractivity contribution in [1.29, 1.82) is 10.5 Å². The summed E-state index contributed by atoms with van der Waals surface area (Å²) in [5, 5.41) is 33.0. The molecule has 0 radical (unpaired) electrons. The molecule has 2 aliphatic heterocycles. The van der Waals surface area contributed by atoms with Crippen LogP contribution in [0, 0.1) is 22.7 Å². The minimum atomic E-state index is -0.568. The zero-order valence-corrected chi connectivity index (χ0v) is 54.0. The highest BCUT2D eigenvalue weighted by atomic mass is 15.2. The van der Waals surface area contributed by atoms with Gasteiger partial charge in [-0.2, -0.15) is 10.5 Å². The van der Waals surface area contributed by atoms with Gasteiger partial charge < -0.3 is 23.5 Å². The van der Waals surface area contributed by atoms with E-state index in [0.717, 1.165) is 160 Å². The van der Waals surface area contributed by atoms with Crippen LogP contribution in [0.5, 0.6) is 0 Å². The summed E-state index contributed by atoms with van der Waals surface area (Å²) in [7, 11) is 0. The molecule has 5 heterocycles. The largest absolute Gasteiger partial charge is 0.309 e. The van der Waals surface area contributed by atoms with E-state index in [9.17, 15) is 10.5 Å². The van der Waals surface area contributed by atoms with Crippen LogP contribution in [-0.4, -0.2) is 20.4 Å². The lowest BCUT2D eigenvalue weighted by atomic mass is 9.33. The molecule has 0 saturated carbocycles. The monoisotopic (exact) mass is 1270 g/mol. The van der Waals surface area contributed by atoms with Crippen molar-refractivity contribution >= 4 is 123 Å². The van der Waals surface area contributed by atoms with Crippen LogP contribution in [0.3, 0.4) is 0 Å². The molecule has 20 rings (SSSR count). The van der Waals surface area contributed by atoms with Crippen molar-refractivity contribution in [1.82, 2.24) is 13.7 Å². The highest BCUT2D eigenvalue weighted by Crippen LogP contribution is 2.57. The number of nitriles is 2. The molecule has 0 unspecified atom stereocenters. The first kappa shape index (κ1) is 56.7. The molecule has 15 aromatic carbocycles. The van der Waals surface area contributed by atoms with E-state index in [0.29, 0.717) is 28.2 Å². The van der Waals surface area contributed by atoms with Crippen LogP contribution in [0.2, 0.25) is 0 Å². The van der Waals surface area contributed by atoms with Crippen molar-refractivity contribution in [2.45, 2.75) is 0 Å². The van der Waals surface area contributed by atoms with Crippen molar-refractivity contribution < 1.29 is 0 Å². The number of hydrogen-bond acceptors (Lipinski definition) is 4. The molecule has 3 aromatic heterocycles. The minimum Gasteiger partial charge on any atom is -0.309 e. The molecule has 0 bridgehead atoms. The van der Waals surface area contributed by atoms with Crippen LogP contribution in [0.25, 0.3) is 127 Å². The third-order valence-corrected chi connectivity index (χ3v) is 20.9. The van der Waals surface area contributed by atoms with Crippen molar-refractivity contribution in [3.05, 3.63) is 351 Å². The maximum atomic E-state index is 13.2. The van der Waals surface area contributed by atoms with Gasteiger partial charge in [0.1, 0.15) is 23.3 Å². The Labute approximate surface area is 577 Å². The summed E-state index contributed by atoms with van der Waals surface area (Å²) in [6, 6.07) is 128. The third kappa shape index (κ3) is 8.26. The quantitative estimate of drug-likeness (QED) is 0.135. The second kappa shape index (κ2) is 22.5. The number of para-hydroxylation sites is 8. The first-order valence-corrected chi connectivity index (χ1v) is 34.0. The summed E-state index contributed by atoms with van der Waals surface area (Å²) in [5.74, 6) is 0. The zero-order chi connectivity index (χ0) is 66.1. The van der Waals surface area contributed by atoms with E-state index in [1.54, 1.807) is 0 Å². The summed E-state index contributed by atoms with van der Waals surface area (Å²) >= 11 is 0. The molecule has 18 aromatic rings. The summed E-state index contributed by atoms with van der Waals surface area (Å²) in [5.41, 5.74) is 25.0. The fourth-order valence-electron chi connectivity index (χ4n) is 16.8. The SMILES string of the molecule is N#Cc1c2c3c(c(C#N)c1-n1c4ccccc4c4ccccc41)N(c1c(-c4ccccc4)cccc1-c1ccccc1)c1cc(-n4c5ccccc5c5ccccc54)ccc1B3c1ccc(-n3c4ccccc4c4ccccc43)cc1N2c1c(-c2ccccc2)cccc1-c1ccccc1. The van der Waals surface area contributed by atoms with Crippen molar-refractivity contribution in [3.8, 4) is 73.7 Å². The second-order valence-corrected chi connectivity index (χ2v) is 26.0. The van der Waals surface area contributed by atoms with Crippen LogP contribution in [0.15, 0.2) is 340 Å². The van der Waals surface area contributed by atoms with Gasteiger partial charge in [-0.1, -0.05) is 279 Å². The molecular weight excluding hydrogens is 1210 g/mol. The van der Waals surface area contributed by atoms with Crippen LogP contribution >= 0.6 is 0 Å². The van der Waals surface area contributed by atoms with Crippen molar-refractivity contribution in [3.63, 3.8) is 0 Å². The smallest absolute Gasteiger partial charge is 0.252 e. The van der Waals surface area contributed by atoms with E-state index in [4.69, 9.17) is 0 Å². The summed E-state index contributed by atoms with van der Waals surface area (Å²) in [4.78, 5) is 4.89. The number of rotatable bonds is 9. The number of benzene rings is 15. The second-order valence-electron chi connectivity index (χ2n) is 26.0. The molecule has 0 N–H and O–H groups in total. The Balaban J connectivity index is 1.03. The average Bonchev–Trinajstić information content (AvgIpc) is 0.701. The fourth-order valence-corrected chi connectivity index (χ4v) is 16.8. The normalized spacial score (nSPS) is 12.3. The molecule has 0 fully saturated rings. The van der Waals surface area contributed by atoms with Crippen LogP contribution in [-0.2, 0) is 0 Å². The number of aromatic nitrogens is 3. The van der Waals surface area contributed by atoms with E-state index in [-0.39, 0.29) is 0 Å². The Hall–Kier alpha value is -13.7. The van der Waals surface area contributed by atoms with Gasteiger partial charge in [0.05, 0.1) is 61.5 Å². The third-order valence-electron chi connectivity index (χ3n) is 20.9. The summed E-state index contributed by atoms with van der Waals surface area (Å²) in [6.07, 6.45) is 0. The number of nitrogens with zero attached hydrogens (tertiary/aromatic N) is 7. The van der Waals surface area contributed by atoms with Crippen LogP contribution in [0.1, 0.15) is 11.1 Å². The minimum absolute atomic E-state index is 0.367. The Morgan fingerprint density at radius 1 is 0.240 bits per heavy atom. The fraction of sp³-hybridized carbons (Fsp3) is 0. The molecule has 100 heavy (non-hydrogen) atoms. The predicted octanol–water partition coefficient (Wildman–Crippen LogP) is 21.5. The molecular formula is C92H56BN7. The summed E-state index contributed by atoms with van der Waals surface area (Å²) in [6.45, 7) is -0.568. The van der Waals surface area contributed by atoms with Gasteiger partial charge in [0, 0.05) is 77.3 Å². The molecule has 8 heteroatoms. The van der Waals surface area contributed by atoms with Gasteiger partial charge in [-0.15, -0.1) is 0 Å². The lowest BCUT2D eigenvalue weighted by molar-refractivity contribution is 1.13. The van der Waals surface area contributed by atoms with E-state index >= 15 is 0 Å². The maximum Gasteiger partial charge on any atom is 0.252 e. The molecule has 462 valence electrons. The van der Waals surface area contributed by atoms with Gasteiger partial charge in [-0.05, 0) is 99.3 Å². The lowest BCUT2D eigenvalue weighted by Crippen LogP contribution is -2.62. The van der Waals surface area contributed by atoms with E-state index in [1.165, 1.54) is 0 Å². The standard InChI is InChI=1S/C92H56BN7/c94-57-75-90(98-83-49-23-17-39-73(83)74-40-18-24-50-84(74)98)76(58-95)92-87-91(75)99(88-65(59-27-5-1-6-28-59)41-25-42-66(88)60-29-7-2-8-30-60)85-55-63(96-79-45-19-13-35-69(79)70-36-14-20-46-80(70)96)51-53-77(85)93(87)78-54-52-64(97-81-47-21-15-37-71(81)72-38-16-22-48-82(72)97)56-86(78)100(92)89-67(61-31-9-3-10-32-61)43-26-44-68(89)62-33-11-4-12-34-62/h1-56H. The van der Waals surface area contributed by atoms with Crippen LogP contribution < -0.4 is 26.2 Å². The summed E-state index contributed by atoms with van der Waals surface area (Å²) < 4.78 is 7.03. The van der Waals surface area contributed by atoms with Gasteiger partial charge in [0.25, 0.3) is 6.71 Å². The molecule has 0 aliphatic carbocycles. The van der Waals surface area contributed by atoms with E-state index < -0.39 is 6.71 Å². The van der Waals surface area contributed by atoms with Gasteiger partial charge in [0.15, 0.2) is 0 Å². The molecule has 0 spiro atoms. The number of anilines is 6. The highest BCUT2D eigenvalue weighted by molar-refractivity contribution is 7.00. The molecule has 2 aliphatic rings. The van der Waals surface area contributed by atoms with E-state index in [2.05, 4.69) is 375 Å². The van der Waals surface area contributed by atoms with Crippen molar-refractivity contribution in [2.75, 3.05) is 9.80 Å². The Bertz CT molecular complexity index is 5900. The molecule has 0 amide bonds. The van der Waals surface area contributed by atoms with Gasteiger partial charge in [0.2, 0.25) is 0 Å². The Morgan fingerprint density at radius 2 is 0.510 bits per heavy atom. The number of hydrogen-bond donors (Lipinski definition) is 0. The topological polar surface area (TPSA) is 68.8 Å². The molecule has 0 atom stereocenters. The Kier molecular flexibility index (Phi) is 12.7. The highest BCUT2D eigenvalue weighted by Gasteiger charge is 2.49. The van der Waals surface area contributed by atoms with Crippen molar-refractivity contribution in [2.24, 2.45) is 0 Å². The van der Waals surface area contributed by atoms with Gasteiger partial charge >= 0.3 is 0 Å². The lowest BCUT2D eigenvalue weighted by Gasteiger charge is -2.47. The van der Waals surface area contributed by atoms with Crippen LogP contribution in [0.4, 0.5) is 34.1 Å². The Morgan fingerprint density at radius 3 is 0.800 bits per heavy atom. The number of fused-ring (bicyclic) bond motifs is 13. The average molecular weight is 1270 g/mol. The maximum absolute atomic E-state index is 13.2. The van der Waals surface area contributed by atoms with Gasteiger partial charge in [-0.25, -0.2) is 0 Å². The predicted molar refractivity (Wildman–Crippen MR) is 415 cm³/mol. The van der Waals surface area contributed by atoms with Gasteiger partial charge in [-0.3, -0.25) is 0 Å². The van der Waals surface area contributed by atoms with E-state index in [1.807, 2.05) is 0 Å². The first-order valence-electron chi connectivity index (χ1n) is 34.0. The first-order chi connectivity index (χ1) is 49.6. The zero-order valence-electron chi connectivity index (χ0n) is 54.0. The molecule has 0 saturated heterocycles. The molecule has 7 nitrogen and oxygen atoms in total.